The minimum absolute atomic E-state index is 0.0778. The van der Waals surface area contributed by atoms with Gasteiger partial charge in [0.05, 0.1) is 0 Å². The Morgan fingerprint density at radius 1 is 0.468 bits per heavy atom. The van der Waals surface area contributed by atoms with Gasteiger partial charge in [-0.05, 0) is 123 Å². The number of benzene rings is 6. The summed E-state index contributed by atoms with van der Waals surface area (Å²) in [4.78, 5) is 10.3. The molecule has 47 heavy (non-hydrogen) atoms. The highest BCUT2D eigenvalue weighted by atomic mass is 16.3. The second-order valence-corrected chi connectivity index (χ2v) is 13.1. The Bertz CT molecular complexity index is 2440. The second-order valence-electron chi connectivity index (χ2n) is 13.1. The zero-order valence-electron chi connectivity index (χ0n) is 26.0. The number of hydrogen-bond acceptors (Lipinski definition) is 3. The molecule has 2 aliphatic heterocycles. The Labute approximate surface area is 274 Å². The van der Waals surface area contributed by atoms with Crippen LogP contribution in [0.1, 0.15) is 69.4 Å². The molecule has 224 valence electrons. The molecule has 1 aliphatic carbocycles. The van der Waals surface area contributed by atoms with Crippen molar-refractivity contribution in [2.24, 2.45) is 9.98 Å². The summed E-state index contributed by atoms with van der Waals surface area (Å²) in [5.74, 6) is 0. The van der Waals surface area contributed by atoms with E-state index in [1.54, 1.807) is 0 Å². The van der Waals surface area contributed by atoms with E-state index in [1.807, 2.05) is 24.6 Å². The molecule has 7 aromatic rings. The Morgan fingerprint density at radius 2 is 1.06 bits per heavy atom. The molecule has 0 saturated carbocycles. The van der Waals surface area contributed by atoms with Gasteiger partial charge >= 0.3 is 0 Å². The lowest BCUT2D eigenvalue weighted by atomic mass is 9.81. The van der Waals surface area contributed by atoms with E-state index >= 15 is 0 Å². The SMILES string of the molecule is C1=NC(c2cc(C3N=Cc4ccccc43)c(-c3ccc4oc5ccccc5c4c3)cc2-c2ccc3c(c2)CCCC3)c2ccccc21. The summed E-state index contributed by atoms with van der Waals surface area (Å²) < 4.78 is 6.25. The molecule has 6 aromatic carbocycles. The lowest BCUT2D eigenvalue weighted by Gasteiger charge is -2.24. The van der Waals surface area contributed by atoms with Crippen LogP contribution in [0.4, 0.5) is 0 Å². The van der Waals surface area contributed by atoms with Crippen LogP contribution in [0.5, 0.6) is 0 Å². The first kappa shape index (κ1) is 26.7. The third-order valence-electron chi connectivity index (χ3n) is 10.5. The Kier molecular flexibility index (Phi) is 5.95. The summed E-state index contributed by atoms with van der Waals surface area (Å²) in [5, 5.41) is 2.27. The van der Waals surface area contributed by atoms with Crippen molar-refractivity contribution in [2.45, 2.75) is 37.8 Å². The number of para-hydroxylation sites is 1. The van der Waals surface area contributed by atoms with Gasteiger partial charge in [-0.3, -0.25) is 9.98 Å². The van der Waals surface area contributed by atoms with Gasteiger partial charge in [-0.2, -0.15) is 0 Å². The molecule has 0 saturated heterocycles. The number of aryl methyl sites for hydroxylation is 2. The molecule has 0 fully saturated rings. The normalized spacial score (nSPS) is 17.7. The monoisotopic (exact) mass is 604 g/mol. The van der Waals surface area contributed by atoms with Gasteiger partial charge in [0.25, 0.3) is 0 Å². The molecular formula is C44H32N2O. The quantitative estimate of drug-likeness (QED) is 0.197. The van der Waals surface area contributed by atoms with E-state index in [0.717, 1.165) is 28.4 Å². The Balaban J connectivity index is 1.26. The molecule has 0 bridgehead atoms. The number of nitrogens with zero attached hydrogens (tertiary/aromatic N) is 2. The van der Waals surface area contributed by atoms with E-state index in [9.17, 15) is 0 Å². The van der Waals surface area contributed by atoms with Gasteiger partial charge in [-0.15, -0.1) is 0 Å². The summed E-state index contributed by atoms with van der Waals surface area (Å²) in [6, 6.07) is 44.1. The van der Waals surface area contributed by atoms with Gasteiger partial charge in [0.2, 0.25) is 0 Å². The fourth-order valence-corrected chi connectivity index (χ4v) is 8.10. The van der Waals surface area contributed by atoms with Crippen molar-refractivity contribution in [1.82, 2.24) is 0 Å². The van der Waals surface area contributed by atoms with Gasteiger partial charge in [0, 0.05) is 23.2 Å². The lowest BCUT2D eigenvalue weighted by molar-refractivity contribution is 0.669. The number of furan rings is 1. The summed E-state index contributed by atoms with van der Waals surface area (Å²) >= 11 is 0. The van der Waals surface area contributed by atoms with Crippen LogP contribution in [0.2, 0.25) is 0 Å². The highest BCUT2D eigenvalue weighted by Crippen LogP contribution is 2.47. The molecule has 0 N–H and O–H groups in total. The molecule has 2 unspecified atom stereocenters. The number of rotatable bonds is 4. The van der Waals surface area contributed by atoms with E-state index in [0.29, 0.717) is 0 Å². The van der Waals surface area contributed by atoms with Crippen molar-refractivity contribution in [1.29, 1.82) is 0 Å². The van der Waals surface area contributed by atoms with Crippen molar-refractivity contribution in [3.8, 4) is 22.3 Å². The predicted molar refractivity (Wildman–Crippen MR) is 193 cm³/mol. The minimum Gasteiger partial charge on any atom is -0.456 e. The Morgan fingerprint density at radius 3 is 1.81 bits per heavy atom. The zero-order chi connectivity index (χ0) is 30.9. The average molecular weight is 605 g/mol. The smallest absolute Gasteiger partial charge is 0.135 e. The summed E-state index contributed by atoms with van der Waals surface area (Å²) in [5.41, 5.74) is 17.0. The first-order valence-corrected chi connectivity index (χ1v) is 16.7. The van der Waals surface area contributed by atoms with Crippen molar-refractivity contribution in [3.05, 3.63) is 166 Å². The van der Waals surface area contributed by atoms with E-state index in [2.05, 4.69) is 109 Å². The number of fused-ring (bicyclic) bond motifs is 6. The highest BCUT2D eigenvalue weighted by Gasteiger charge is 2.30. The van der Waals surface area contributed by atoms with Gasteiger partial charge in [-0.25, -0.2) is 0 Å². The van der Waals surface area contributed by atoms with Gasteiger partial charge < -0.3 is 4.42 Å². The van der Waals surface area contributed by atoms with Crippen LogP contribution in [0.25, 0.3) is 44.2 Å². The van der Waals surface area contributed by atoms with Crippen LogP contribution in [0.3, 0.4) is 0 Å². The fourth-order valence-electron chi connectivity index (χ4n) is 8.10. The van der Waals surface area contributed by atoms with Crippen LogP contribution in [-0.4, -0.2) is 12.4 Å². The summed E-state index contributed by atoms with van der Waals surface area (Å²) in [6.45, 7) is 0. The minimum atomic E-state index is -0.102. The van der Waals surface area contributed by atoms with E-state index < -0.39 is 0 Å². The first-order valence-electron chi connectivity index (χ1n) is 16.7. The molecule has 3 heteroatoms. The topological polar surface area (TPSA) is 37.9 Å². The van der Waals surface area contributed by atoms with Gasteiger partial charge in [0.1, 0.15) is 23.2 Å². The molecule has 0 radical (unpaired) electrons. The first-order chi connectivity index (χ1) is 23.3. The van der Waals surface area contributed by atoms with Crippen LogP contribution in [0.15, 0.2) is 136 Å². The van der Waals surface area contributed by atoms with Gasteiger partial charge in [0.15, 0.2) is 0 Å². The molecule has 0 spiro atoms. The maximum atomic E-state index is 6.25. The van der Waals surface area contributed by atoms with Crippen LogP contribution in [-0.2, 0) is 12.8 Å². The van der Waals surface area contributed by atoms with Crippen molar-refractivity contribution >= 4 is 34.4 Å². The molecule has 0 amide bonds. The van der Waals surface area contributed by atoms with E-state index in [4.69, 9.17) is 14.4 Å². The molecule has 10 rings (SSSR count). The zero-order valence-corrected chi connectivity index (χ0v) is 26.0. The third-order valence-corrected chi connectivity index (χ3v) is 10.5. The molecule has 1 aromatic heterocycles. The largest absolute Gasteiger partial charge is 0.456 e. The van der Waals surface area contributed by atoms with Crippen LogP contribution >= 0.6 is 0 Å². The van der Waals surface area contributed by atoms with Crippen molar-refractivity contribution < 1.29 is 4.42 Å². The molecule has 3 nitrogen and oxygen atoms in total. The molecule has 3 aliphatic rings. The predicted octanol–water partition coefficient (Wildman–Crippen LogP) is 10.8. The lowest BCUT2D eigenvalue weighted by Crippen LogP contribution is -2.06. The standard InChI is InChI=1S/C44H32N2O/c1-2-10-28-21-29(18-17-27(28)9-1)36-23-37(30-19-20-42-38(22-30)35-15-7-8-16-41(35)47-42)40(44-34-14-6-4-12-32(34)26-46-44)24-39(36)43-33-13-5-3-11-31(33)25-45-43/h3-8,11-26,43-44H,1-2,9-10H2. The molecule has 2 atom stereocenters. The van der Waals surface area contributed by atoms with Crippen LogP contribution in [0, 0.1) is 0 Å². The summed E-state index contributed by atoms with van der Waals surface area (Å²) in [6.07, 6.45) is 8.93. The Hall–Kier alpha value is -5.54. The maximum absolute atomic E-state index is 6.25. The van der Waals surface area contributed by atoms with E-state index in [1.165, 1.54) is 86.0 Å². The fraction of sp³-hybridized carbons (Fsp3) is 0.136. The second kappa shape index (κ2) is 10.5. The number of hydrogen-bond donors (Lipinski definition) is 0. The van der Waals surface area contributed by atoms with E-state index in [-0.39, 0.29) is 12.1 Å². The molecular weight excluding hydrogens is 572 g/mol. The van der Waals surface area contributed by atoms with Crippen molar-refractivity contribution in [3.63, 3.8) is 0 Å². The summed E-state index contributed by atoms with van der Waals surface area (Å²) in [7, 11) is 0. The highest BCUT2D eigenvalue weighted by molar-refractivity contribution is 6.06. The third kappa shape index (κ3) is 4.26. The van der Waals surface area contributed by atoms with Crippen LogP contribution < -0.4 is 0 Å². The van der Waals surface area contributed by atoms with Crippen molar-refractivity contribution in [2.75, 3.05) is 0 Å². The molecule has 3 heterocycles. The number of aliphatic imine (C=N–C) groups is 2. The van der Waals surface area contributed by atoms with Gasteiger partial charge in [-0.1, -0.05) is 91.0 Å². The maximum Gasteiger partial charge on any atom is 0.135 e. The average Bonchev–Trinajstić information content (AvgIpc) is 3.86.